The monoisotopic (exact) mass is 380 g/mol. The Balaban J connectivity index is 2.00. The molecule has 7 heteroatoms. The topological polar surface area (TPSA) is 90.1 Å². The average Bonchev–Trinajstić information content (AvgIpc) is 2.69. The molecular formula is C21H21FN4O2. The molecule has 1 amide bonds. The molecule has 0 spiro atoms. The van der Waals surface area contributed by atoms with Crippen molar-refractivity contribution in [3.63, 3.8) is 0 Å². The van der Waals surface area contributed by atoms with Crippen LogP contribution in [0.3, 0.4) is 0 Å². The van der Waals surface area contributed by atoms with Crippen molar-refractivity contribution in [2.75, 3.05) is 12.4 Å². The van der Waals surface area contributed by atoms with Crippen LogP contribution >= 0.6 is 0 Å². The van der Waals surface area contributed by atoms with Crippen LogP contribution in [0.4, 0.5) is 15.9 Å². The second-order valence-corrected chi connectivity index (χ2v) is 6.30. The first-order chi connectivity index (χ1) is 13.4. The summed E-state index contributed by atoms with van der Waals surface area (Å²) in [4.78, 5) is 20.2. The Morgan fingerprint density at radius 3 is 2.68 bits per heavy atom. The third kappa shape index (κ3) is 3.93. The van der Waals surface area contributed by atoms with Gasteiger partial charge in [0.2, 0.25) is 5.91 Å². The maximum Gasteiger partial charge on any atom is 0.249 e. The summed E-state index contributed by atoms with van der Waals surface area (Å²) in [5.41, 5.74) is 9.55. The van der Waals surface area contributed by atoms with E-state index in [-0.39, 0.29) is 5.82 Å². The molecule has 0 fully saturated rings. The maximum atomic E-state index is 13.7. The van der Waals surface area contributed by atoms with Crippen molar-refractivity contribution in [3.05, 3.63) is 65.2 Å². The van der Waals surface area contributed by atoms with Gasteiger partial charge >= 0.3 is 0 Å². The molecule has 0 radical (unpaired) electrons. The third-order valence-electron chi connectivity index (χ3n) is 4.46. The van der Waals surface area contributed by atoms with E-state index in [9.17, 15) is 9.18 Å². The highest BCUT2D eigenvalue weighted by Crippen LogP contribution is 2.31. The molecule has 0 saturated carbocycles. The fourth-order valence-electron chi connectivity index (χ4n) is 3.02. The zero-order valence-electron chi connectivity index (χ0n) is 15.9. The standard InChI is InChI=1S/C21H21FN4O2/c1-4-13-7-12(2)17(9-15(13)21(23)27)26-20-10-18(24-11-25-20)16-8-14(22)5-6-19(16)28-3/h5-11H,4H2,1-3H3,(H2,23,27)(H,24,25,26). The normalized spacial score (nSPS) is 10.6. The molecule has 0 unspecified atom stereocenters. The number of rotatable bonds is 6. The number of benzene rings is 2. The molecule has 3 aromatic rings. The van der Waals surface area contributed by atoms with Crippen molar-refractivity contribution >= 4 is 17.4 Å². The molecule has 0 aliphatic heterocycles. The number of hydrogen-bond donors (Lipinski definition) is 2. The fourth-order valence-corrected chi connectivity index (χ4v) is 3.02. The van der Waals surface area contributed by atoms with Gasteiger partial charge in [0.25, 0.3) is 0 Å². The molecular weight excluding hydrogens is 359 g/mol. The summed E-state index contributed by atoms with van der Waals surface area (Å²) in [7, 11) is 1.51. The van der Waals surface area contributed by atoms with Gasteiger partial charge in [0.15, 0.2) is 0 Å². The van der Waals surface area contributed by atoms with Crippen molar-refractivity contribution in [1.29, 1.82) is 0 Å². The first-order valence-electron chi connectivity index (χ1n) is 8.79. The first-order valence-corrected chi connectivity index (χ1v) is 8.79. The number of nitrogens with zero attached hydrogens (tertiary/aromatic N) is 2. The zero-order valence-corrected chi connectivity index (χ0v) is 15.9. The van der Waals surface area contributed by atoms with Gasteiger partial charge in [-0.25, -0.2) is 14.4 Å². The van der Waals surface area contributed by atoms with Crippen LogP contribution in [0.25, 0.3) is 11.3 Å². The molecule has 6 nitrogen and oxygen atoms in total. The van der Waals surface area contributed by atoms with Crippen LogP contribution in [0.1, 0.15) is 28.4 Å². The number of amides is 1. The number of primary amides is 1. The summed E-state index contributed by atoms with van der Waals surface area (Å²) in [6.07, 6.45) is 2.09. The highest BCUT2D eigenvalue weighted by Gasteiger charge is 2.13. The van der Waals surface area contributed by atoms with E-state index in [0.717, 1.165) is 11.1 Å². The number of methoxy groups -OCH3 is 1. The lowest BCUT2D eigenvalue weighted by molar-refractivity contribution is 0.0999. The molecule has 3 rings (SSSR count). The summed E-state index contributed by atoms with van der Waals surface area (Å²) >= 11 is 0. The van der Waals surface area contributed by atoms with E-state index in [1.165, 1.54) is 25.6 Å². The van der Waals surface area contributed by atoms with Crippen molar-refractivity contribution < 1.29 is 13.9 Å². The van der Waals surface area contributed by atoms with Gasteiger partial charge in [-0.2, -0.15) is 0 Å². The largest absolute Gasteiger partial charge is 0.496 e. The molecule has 28 heavy (non-hydrogen) atoms. The van der Waals surface area contributed by atoms with Crippen LogP contribution in [-0.4, -0.2) is 23.0 Å². The van der Waals surface area contributed by atoms with E-state index in [1.807, 2.05) is 19.9 Å². The van der Waals surface area contributed by atoms with Gasteiger partial charge in [-0.1, -0.05) is 13.0 Å². The van der Waals surface area contributed by atoms with Gasteiger partial charge in [-0.15, -0.1) is 0 Å². The summed E-state index contributed by atoms with van der Waals surface area (Å²) in [6, 6.07) is 9.58. The molecule has 0 saturated heterocycles. The SMILES string of the molecule is CCc1cc(C)c(Nc2cc(-c3cc(F)ccc3OC)ncn2)cc1C(N)=O. The number of anilines is 2. The lowest BCUT2D eigenvalue weighted by Crippen LogP contribution is -2.14. The summed E-state index contributed by atoms with van der Waals surface area (Å²) in [5, 5.41) is 3.19. The molecule has 0 aliphatic rings. The second-order valence-electron chi connectivity index (χ2n) is 6.30. The van der Waals surface area contributed by atoms with Crippen LogP contribution in [0, 0.1) is 12.7 Å². The molecule has 0 bridgehead atoms. The van der Waals surface area contributed by atoms with Crippen LogP contribution < -0.4 is 15.8 Å². The van der Waals surface area contributed by atoms with Crippen LogP contribution in [0.5, 0.6) is 5.75 Å². The number of ether oxygens (including phenoxy) is 1. The van der Waals surface area contributed by atoms with E-state index < -0.39 is 5.91 Å². The number of nitrogens with two attached hydrogens (primary N) is 1. The fraction of sp³-hybridized carbons (Fsp3) is 0.190. The van der Waals surface area contributed by atoms with Crippen LogP contribution in [0.2, 0.25) is 0 Å². The molecule has 2 aromatic carbocycles. The van der Waals surface area contributed by atoms with Crippen molar-refractivity contribution in [3.8, 4) is 17.0 Å². The van der Waals surface area contributed by atoms with E-state index >= 15 is 0 Å². The first kappa shape index (κ1) is 19.3. The predicted molar refractivity (Wildman–Crippen MR) is 106 cm³/mol. The van der Waals surface area contributed by atoms with Crippen molar-refractivity contribution in [2.24, 2.45) is 5.73 Å². The highest BCUT2D eigenvalue weighted by molar-refractivity contribution is 5.96. The number of hydrogen-bond acceptors (Lipinski definition) is 5. The Kier molecular flexibility index (Phi) is 5.54. The number of carbonyl (C=O) groups excluding carboxylic acids is 1. The van der Waals surface area contributed by atoms with Gasteiger partial charge in [-0.3, -0.25) is 4.79 Å². The second kappa shape index (κ2) is 8.04. The van der Waals surface area contributed by atoms with Crippen molar-refractivity contribution in [2.45, 2.75) is 20.3 Å². The number of carbonyl (C=O) groups is 1. The minimum atomic E-state index is -0.479. The van der Waals surface area contributed by atoms with Crippen LogP contribution in [-0.2, 0) is 6.42 Å². The molecule has 0 aliphatic carbocycles. The lowest BCUT2D eigenvalue weighted by atomic mass is 10.00. The number of halogens is 1. The van der Waals surface area contributed by atoms with Gasteiger partial charge in [0.1, 0.15) is 23.7 Å². The number of nitrogens with one attached hydrogen (secondary N) is 1. The third-order valence-corrected chi connectivity index (χ3v) is 4.46. The van der Waals surface area contributed by atoms with Gasteiger partial charge in [0, 0.05) is 22.9 Å². The Morgan fingerprint density at radius 2 is 2.00 bits per heavy atom. The van der Waals surface area contributed by atoms with E-state index in [4.69, 9.17) is 10.5 Å². The van der Waals surface area contributed by atoms with E-state index in [1.54, 1.807) is 18.2 Å². The van der Waals surface area contributed by atoms with E-state index in [0.29, 0.717) is 40.5 Å². The van der Waals surface area contributed by atoms with Gasteiger partial charge < -0.3 is 15.8 Å². The maximum absolute atomic E-state index is 13.7. The van der Waals surface area contributed by atoms with Gasteiger partial charge in [-0.05, 0) is 48.7 Å². The smallest absolute Gasteiger partial charge is 0.249 e. The summed E-state index contributed by atoms with van der Waals surface area (Å²) in [5.74, 6) is 0.137. The summed E-state index contributed by atoms with van der Waals surface area (Å²) < 4.78 is 19.0. The van der Waals surface area contributed by atoms with Crippen LogP contribution in [0.15, 0.2) is 42.7 Å². The molecule has 1 heterocycles. The Morgan fingerprint density at radius 1 is 1.21 bits per heavy atom. The number of aromatic nitrogens is 2. The average molecular weight is 380 g/mol. The Labute approximate surface area is 162 Å². The highest BCUT2D eigenvalue weighted by atomic mass is 19.1. The zero-order chi connectivity index (χ0) is 20.3. The molecule has 3 N–H and O–H groups in total. The van der Waals surface area contributed by atoms with Crippen molar-refractivity contribution in [1.82, 2.24) is 9.97 Å². The Hall–Kier alpha value is -3.48. The number of aryl methyl sites for hydroxylation is 2. The minimum Gasteiger partial charge on any atom is -0.496 e. The Bertz CT molecular complexity index is 1040. The molecule has 0 atom stereocenters. The minimum absolute atomic E-state index is 0.388. The van der Waals surface area contributed by atoms with E-state index in [2.05, 4.69) is 15.3 Å². The quantitative estimate of drug-likeness (QED) is 0.674. The predicted octanol–water partition coefficient (Wildman–Crippen LogP) is 4.00. The summed E-state index contributed by atoms with van der Waals surface area (Å²) in [6.45, 7) is 3.90. The lowest BCUT2D eigenvalue weighted by Gasteiger charge is -2.14. The molecule has 144 valence electrons. The molecule has 1 aromatic heterocycles. The van der Waals surface area contributed by atoms with Gasteiger partial charge in [0.05, 0.1) is 12.8 Å².